The van der Waals surface area contributed by atoms with Crippen molar-refractivity contribution in [2.75, 3.05) is 0 Å². The van der Waals surface area contributed by atoms with Crippen LogP contribution in [-0.2, 0) is 12.8 Å². The van der Waals surface area contributed by atoms with E-state index in [1.54, 1.807) is 6.07 Å². The van der Waals surface area contributed by atoms with Crippen LogP contribution in [0.25, 0.3) is 22.3 Å². The molecule has 0 spiro atoms. The Balaban J connectivity index is 1.78. The zero-order valence-electron chi connectivity index (χ0n) is 11.9. The van der Waals surface area contributed by atoms with Crippen molar-refractivity contribution < 1.29 is 4.39 Å². The molecule has 0 bridgehead atoms. The van der Waals surface area contributed by atoms with Crippen LogP contribution in [0.1, 0.15) is 11.1 Å². The van der Waals surface area contributed by atoms with Crippen molar-refractivity contribution in [2.45, 2.75) is 12.8 Å². The van der Waals surface area contributed by atoms with Crippen LogP contribution in [0.5, 0.6) is 0 Å². The molecule has 108 valence electrons. The van der Waals surface area contributed by atoms with Gasteiger partial charge in [0.25, 0.3) is 0 Å². The molecule has 0 nitrogen and oxygen atoms in total. The molecule has 0 amide bonds. The van der Waals surface area contributed by atoms with Gasteiger partial charge < -0.3 is 0 Å². The van der Waals surface area contributed by atoms with Crippen LogP contribution in [0, 0.1) is 5.82 Å². The second-order valence-corrected chi connectivity index (χ2v) is 6.64. The second-order valence-electron chi connectivity index (χ2n) is 5.72. The lowest BCUT2D eigenvalue weighted by atomic mass is 9.86. The van der Waals surface area contributed by atoms with Gasteiger partial charge in [-0.15, -0.1) is 0 Å². The number of fused-ring (bicyclic) bond motifs is 1. The maximum Gasteiger partial charge on any atom is 0.124 e. The lowest BCUT2D eigenvalue weighted by molar-refractivity contribution is 0.627. The standard InChI is InChI=1S/C20H14BrF/c21-19-10-18(11-20(22)12-19)15-3-1-2-14(8-15)17-7-5-13-4-6-16(13)9-17/h1-3,5,7-12H,4,6H2. The van der Waals surface area contributed by atoms with Crippen LogP contribution in [0.2, 0.25) is 0 Å². The Bertz CT molecular complexity index is 847. The van der Waals surface area contributed by atoms with Crippen LogP contribution in [0.4, 0.5) is 4.39 Å². The molecule has 0 radical (unpaired) electrons. The maximum absolute atomic E-state index is 13.6. The predicted octanol–water partition coefficient (Wildman–Crippen LogP) is 6.02. The summed E-state index contributed by atoms with van der Waals surface area (Å²) in [6, 6.07) is 20.0. The summed E-state index contributed by atoms with van der Waals surface area (Å²) in [6.07, 6.45) is 2.38. The van der Waals surface area contributed by atoms with Gasteiger partial charge in [0.2, 0.25) is 0 Å². The lowest BCUT2D eigenvalue weighted by Gasteiger charge is -2.19. The molecular formula is C20H14BrF. The molecule has 2 heteroatoms. The molecule has 0 saturated heterocycles. The van der Waals surface area contributed by atoms with Crippen molar-refractivity contribution in [1.29, 1.82) is 0 Å². The van der Waals surface area contributed by atoms with Crippen molar-refractivity contribution >= 4 is 15.9 Å². The highest BCUT2D eigenvalue weighted by Crippen LogP contribution is 2.32. The molecule has 0 saturated carbocycles. The fraction of sp³-hybridized carbons (Fsp3) is 0.100. The van der Waals surface area contributed by atoms with Gasteiger partial charge in [0.05, 0.1) is 0 Å². The van der Waals surface area contributed by atoms with Gasteiger partial charge in [-0.2, -0.15) is 0 Å². The zero-order chi connectivity index (χ0) is 15.1. The van der Waals surface area contributed by atoms with Gasteiger partial charge >= 0.3 is 0 Å². The lowest BCUT2D eigenvalue weighted by Crippen LogP contribution is -2.07. The van der Waals surface area contributed by atoms with Crippen LogP contribution in [0.15, 0.2) is 65.1 Å². The number of hydrogen-bond acceptors (Lipinski definition) is 0. The molecule has 3 aromatic carbocycles. The fourth-order valence-corrected chi connectivity index (χ4v) is 3.44. The summed E-state index contributed by atoms with van der Waals surface area (Å²) < 4.78 is 14.4. The highest BCUT2D eigenvalue weighted by Gasteiger charge is 2.13. The molecule has 0 aromatic heterocycles. The third-order valence-electron chi connectivity index (χ3n) is 4.26. The Morgan fingerprint density at radius 3 is 2.09 bits per heavy atom. The smallest absolute Gasteiger partial charge is 0.124 e. The second kappa shape index (κ2) is 5.36. The molecule has 0 unspecified atom stereocenters. The number of rotatable bonds is 2. The molecule has 0 N–H and O–H groups in total. The number of hydrogen-bond donors (Lipinski definition) is 0. The Kier molecular flexibility index (Phi) is 3.34. The van der Waals surface area contributed by atoms with Crippen molar-refractivity contribution in [1.82, 2.24) is 0 Å². The fourth-order valence-electron chi connectivity index (χ4n) is 2.97. The van der Waals surface area contributed by atoms with E-state index in [2.05, 4.69) is 46.3 Å². The number of halogens is 2. The summed E-state index contributed by atoms with van der Waals surface area (Å²) in [5, 5.41) is 0. The molecular weight excluding hydrogens is 339 g/mol. The Labute approximate surface area is 137 Å². The van der Waals surface area contributed by atoms with E-state index in [9.17, 15) is 4.39 Å². The van der Waals surface area contributed by atoms with Crippen molar-refractivity contribution in [3.8, 4) is 22.3 Å². The third kappa shape index (κ3) is 2.48. The molecule has 0 aliphatic heterocycles. The first kappa shape index (κ1) is 13.7. The number of benzene rings is 3. The summed E-state index contributed by atoms with van der Waals surface area (Å²) in [6.45, 7) is 0. The molecule has 0 fully saturated rings. The summed E-state index contributed by atoms with van der Waals surface area (Å²) in [4.78, 5) is 0. The monoisotopic (exact) mass is 352 g/mol. The van der Waals surface area contributed by atoms with Crippen molar-refractivity contribution in [2.24, 2.45) is 0 Å². The highest BCUT2D eigenvalue weighted by molar-refractivity contribution is 9.10. The quantitative estimate of drug-likeness (QED) is 0.528. The predicted molar refractivity (Wildman–Crippen MR) is 92.4 cm³/mol. The summed E-state index contributed by atoms with van der Waals surface area (Å²) >= 11 is 3.36. The minimum Gasteiger partial charge on any atom is -0.207 e. The Morgan fingerprint density at radius 1 is 0.682 bits per heavy atom. The summed E-state index contributed by atoms with van der Waals surface area (Å²) in [7, 11) is 0. The first-order valence-corrected chi connectivity index (χ1v) is 8.17. The van der Waals surface area contributed by atoms with Gasteiger partial charge in [-0.25, -0.2) is 4.39 Å². The largest absolute Gasteiger partial charge is 0.207 e. The van der Waals surface area contributed by atoms with Gasteiger partial charge in [0.1, 0.15) is 5.82 Å². The molecule has 1 aliphatic rings. The average Bonchev–Trinajstić information content (AvgIpc) is 2.48. The molecule has 0 heterocycles. The first-order valence-electron chi connectivity index (χ1n) is 7.38. The molecule has 3 aromatic rings. The maximum atomic E-state index is 13.6. The third-order valence-corrected chi connectivity index (χ3v) is 4.72. The molecule has 4 rings (SSSR count). The topological polar surface area (TPSA) is 0 Å². The van der Waals surface area contributed by atoms with Gasteiger partial charge in [-0.1, -0.05) is 52.3 Å². The van der Waals surface area contributed by atoms with E-state index < -0.39 is 0 Å². The van der Waals surface area contributed by atoms with E-state index in [0.717, 1.165) is 15.6 Å². The van der Waals surface area contributed by atoms with Crippen LogP contribution < -0.4 is 0 Å². The summed E-state index contributed by atoms with van der Waals surface area (Å²) in [5.74, 6) is -0.226. The van der Waals surface area contributed by atoms with E-state index in [-0.39, 0.29) is 5.82 Å². The highest BCUT2D eigenvalue weighted by atomic mass is 79.9. The number of aryl methyl sites for hydroxylation is 2. The van der Waals surface area contributed by atoms with Crippen LogP contribution >= 0.6 is 15.9 Å². The zero-order valence-corrected chi connectivity index (χ0v) is 13.5. The van der Waals surface area contributed by atoms with Crippen molar-refractivity contribution in [3.63, 3.8) is 0 Å². The molecule has 1 aliphatic carbocycles. The molecule has 22 heavy (non-hydrogen) atoms. The minimum absolute atomic E-state index is 0.226. The van der Waals surface area contributed by atoms with E-state index >= 15 is 0 Å². The minimum atomic E-state index is -0.226. The van der Waals surface area contributed by atoms with E-state index in [0.29, 0.717) is 0 Å². The van der Waals surface area contributed by atoms with E-state index in [4.69, 9.17) is 0 Å². The SMILES string of the molecule is Fc1cc(Br)cc(-c2cccc(-c3ccc4c(c3)CC4)c2)c1. The van der Waals surface area contributed by atoms with Crippen LogP contribution in [0.3, 0.4) is 0 Å². The van der Waals surface area contributed by atoms with Gasteiger partial charge in [-0.05, 0) is 70.5 Å². The van der Waals surface area contributed by atoms with Gasteiger partial charge in [0, 0.05) is 4.47 Å². The Hall–Kier alpha value is -1.93. The van der Waals surface area contributed by atoms with Gasteiger partial charge in [-0.3, -0.25) is 0 Å². The normalized spacial score (nSPS) is 12.6. The van der Waals surface area contributed by atoms with E-state index in [1.807, 2.05) is 18.2 Å². The Morgan fingerprint density at radius 2 is 1.41 bits per heavy atom. The first-order chi connectivity index (χ1) is 10.7. The van der Waals surface area contributed by atoms with Crippen molar-refractivity contribution in [3.05, 3.63) is 82.1 Å². The summed E-state index contributed by atoms with van der Waals surface area (Å²) in [5.41, 5.74) is 7.24. The average molecular weight is 353 g/mol. The molecule has 0 atom stereocenters. The van der Waals surface area contributed by atoms with Crippen LogP contribution in [-0.4, -0.2) is 0 Å². The van der Waals surface area contributed by atoms with E-state index in [1.165, 1.54) is 41.2 Å². The van der Waals surface area contributed by atoms with Gasteiger partial charge in [0.15, 0.2) is 0 Å².